The molecule has 2 aromatic rings. The van der Waals surface area contributed by atoms with Crippen LogP contribution >= 0.6 is 15.9 Å². The highest BCUT2D eigenvalue weighted by molar-refractivity contribution is 9.10. The van der Waals surface area contributed by atoms with Crippen molar-refractivity contribution >= 4 is 21.9 Å². The molecule has 4 nitrogen and oxygen atoms in total. The Kier molecular flexibility index (Phi) is 6.33. The molecular weight excluding hydrogens is 358 g/mol. The van der Waals surface area contributed by atoms with Crippen LogP contribution in [0.25, 0.3) is 0 Å². The molecule has 0 saturated carbocycles. The lowest BCUT2D eigenvalue weighted by Crippen LogP contribution is -2.25. The molecule has 0 aliphatic carbocycles. The number of aliphatic hydroxyl groups is 1. The second kappa shape index (κ2) is 8.24. The van der Waals surface area contributed by atoms with E-state index in [-0.39, 0.29) is 18.6 Å². The van der Waals surface area contributed by atoms with Crippen molar-refractivity contribution in [2.45, 2.75) is 19.5 Å². The molecule has 2 rings (SSSR count). The van der Waals surface area contributed by atoms with E-state index in [2.05, 4.69) is 21.2 Å². The van der Waals surface area contributed by atoms with Gasteiger partial charge in [-0.2, -0.15) is 0 Å². The number of carbonyl (C=O) groups is 1. The lowest BCUT2D eigenvalue weighted by Gasteiger charge is -2.19. The standard InChI is InChI=1S/C18H20BrNO3/c1-12-5-3-4-6-15(12)17(11-21)20-10-14-8-7-13(9-16(14)19)18(22)23-2/h3-9,17,20-21H,10-11H2,1-2H3/t17-/m1/s1. The number of nitrogens with one attached hydrogen (secondary N) is 1. The quantitative estimate of drug-likeness (QED) is 0.757. The first-order chi connectivity index (χ1) is 11.1. The van der Waals surface area contributed by atoms with Gasteiger partial charge < -0.3 is 15.2 Å². The summed E-state index contributed by atoms with van der Waals surface area (Å²) >= 11 is 3.48. The molecule has 122 valence electrons. The van der Waals surface area contributed by atoms with Crippen molar-refractivity contribution in [3.05, 3.63) is 69.2 Å². The van der Waals surface area contributed by atoms with Crippen molar-refractivity contribution < 1.29 is 14.6 Å². The number of aryl methyl sites for hydroxylation is 1. The Hall–Kier alpha value is -1.69. The summed E-state index contributed by atoms with van der Waals surface area (Å²) in [6.07, 6.45) is 0. The van der Waals surface area contributed by atoms with Gasteiger partial charge in [0.05, 0.1) is 25.3 Å². The van der Waals surface area contributed by atoms with Crippen LogP contribution in [0.5, 0.6) is 0 Å². The van der Waals surface area contributed by atoms with Gasteiger partial charge in [-0.1, -0.05) is 46.3 Å². The summed E-state index contributed by atoms with van der Waals surface area (Å²) < 4.78 is 5.54. The minimum atomic E-state index is -0.363. The molecule has 0 radical (unpaired) electrons. The van der Waals surface area contributed by atoms with Crippen LogP contribution in [-0.4, -0.2) is 24.8 Å². The van der Waals surface area contributed by atoms with Crippen molar-refractivity contribution in [2.24, 2.45) is 0 Å². The average Bonchev–Trinajstić information content (AvgIpc) is 2.57. The fraction of sp³-hybridized carbons (Fsp3) is 0.278. The maximum Gasteiger partial charge on any atom is 0.337 e. The number of halogens is 1. The molecule has 0 fully saturated rings. The smallest absolute Gasteiger partial charge is 0.337 e. The van der Waals surface area contributed by atoms with Gasteiger partial charge >= 0.3 is 5.97 Å². The minimum Gasteiger partial charge on any atom is -0.465 e. The van der Waals surface area contributed by atoms with E-state index >= 15 is 0 Å². The first-order valence-corrected chi connectivity index (χ1v) is 8.12. The highest BCUT2D eigenvalue weighted by Gasteiger charge is 2.13. The normalized spacial score (nSPS) is 12.0. The molecule has 1 atom stereocenters. The third-order valence-corrected chi connectivity index (χ3v) is 4.50. The topological polar surface area (TPSA) is 58.6 Å². The van der Waals surface area contributed by atoms with Crippen LogP contribution < -0.4 is 5.32 Å². The largest absolute Gasteiger partial charge is 0.465 e. The van der Waals surface area contributed by atoms with Crippen molar-refractivity contribution in [1.82, 2.24) is 5.32 Å². The summed E-state index contributed by atoms with van der Waals surface area (Å²) in [5, 5.41) is 13.0. The van der Waals surface area contributed by atoms with E-state index in [0.29, 0.717) is 12.1 Å². The number of aliphatic hydroxyl groups excluding tert-OH is 1. The van der Waals surface area contributed by atoms with E-state index in [4.69, 9.17) is 4.74 Å². The molecule has 0 aliphatic heterocycles. The molecule has 0 saturated heterocycles. The highest BCUT2D eigenvalue weighted by Crippen LogP contribution is 2.22. The van der Waals surface area contributed by atoms with Crippen LogP contribution in [0.4, 0.5) is 0 Å². The number of hydrogen-bond acceptors (Lipinski definition) is 4. The van der Waals surface area contributed by atoms with E-state index in [1.807, 2.05) is 37.3 Å². The lowest BCUT2D eigenvalue weighted by molar-refractivity contribution is 0.0600. The Bertz CT molecular complexity index is 688. The first kappa shape index (κ1) is 17.7. The van der Waals surface area contributed by atoms with Crippen LogP contribution in [0.3, 0.4) is 0 Å². The van der Waals surface area contributed by atoms with Crippen LogP contribution in [0.1, 0.15) is 33.1 Å². The summed E-state index contributed by atoms with van der Waals surface area (Å²) in [5.41, 5.74) is 3.72. The summed E-state index contributed by atoms with van der Waals surface area (Å²) in [4.78, 5) is 11.5. The van der Waals surface area contributed by atoms with Gasteiger partial charge in [0.2, 0.25) is 0 Å². The van der Waals surface area contributed by atoms with Gasteiger partial charge in [0.15, 0.2) is 0 Å². The Morgan fingerprint density at radius 2 is 2.04 bits per heavy atom. The summed E-state index contributed by atoms with van der Waals surface area (Å²) in [6, 6.07) is 13.2. The zero-order valence-electron chi connectivity index (χ0n) is 13.2. The molecule has 23 heavy (non-hydrogen) atoms. The molecule has 0 bridgehead atoms. The van der Waals surface area contributed by atoms with Gasteiger partial charge in [-0.15, -0.1) is 0 Å². The van der Waals surface area contributed by atoms with E-state index in [1.54, 1.807) is 12.1 Å². The Morgan fingerprint density at radius 1 is 1.30 bits per heavy atom. The molecule has 2 N–H and O–H groups in total. The van der Waals surface area contributed by atoms with E-state index in [0.717, 1.165) is 21.2 Å². The molecule has 0 spiro atoms. The van der Waals surface area contributed by atoms with Crippen LogP contribution in [0.15, 0.2) is 46.9 Å². The molecule has 5 heteroatoms. The van der Waals surface area contributed by atoms with Crippen molar-refractivity contribution in [2.75, 3.05) is 13.7 Å². The monoisotopic (exact) mass is 377 g/mol. The number of esters is 1. The molecule has 0 amide bonds. The number of rotatable bonds is 6. The molecule has 0 aliphatic rings. The lowest BCUT2D eigenvalue weighted by atomic mass is 10.0. The molecule has 0 aromatic heterocycles. The maximum atomic E-state index is 11.5. The number of benzene rings is 2. The number of carbonyl (C=O) groups excluding carboxylic acids is 1. The average molecular weight is 378 g/mol. The van der Waals surface area contributed by atoms with Crippen LogP contribution in [0, 0.1) is 6.92 Å². The Balaban J connectivity index is 2.10. The Morgan fingerprint density at radius 3 is 2.65 bits per heavy atom. The second-order valence-electron chi connectivity index (χ2n) is 5.27. The Labute approximate surface area is 144 Å². The van der Waals surface area contributed by atoms with Gasteiger partial charge in [-0.25, -0.2) is 4.79 Å². The van der Waals surface area contributed by atoms with Gasteiger partial charge in [-0.3, -0.25) is 0 Å². The summed E-state index contributed by atoms with van der Waals surface area (Å²) in [6.45, 7) is 2.62. The third kappa shape index (κ3) is 4.41. The molecular formula is C18H20BrNO3. The van der Waals surface area contributed by atoms with Gasteiger partial charge in [0.25, 0.3) is 0 Å². The SMILES string of the molecule is COC(=O)c1ccc(CN[C@H](CO)c2ccccc2C)c(Br)c1. The van der Waals surface area contributed by atoms with Crippen LogP contribution in [0.2, 0.25) is 0 Å². The van der Waals surface area contributed by atoms with E-state index in [1.165, 1.54) is 7.11 Å². The third-order valence-electron chi connectivity index (χ3n) is 3.76. The molecule has 0 unspecified atom stereocenters. The van der Waals surface area contributed by atoms with E-state index < -0.39 is 0 Å². The predicted molar refractivity (Wildman–Crippen MR) is 93.3 cm³/mol. The predicted octanol–water partition coefficient (Wildman–Crippen LogP) is 3.37. The van der Waals surface area contributed by atoms with Crippen LogP contribution in [-0.2, 0) is 11.3 Å². The van der Waals surface area contributed by atoms with Gasteiger partial charge in [0.1, 0.15) is 0 Å². The van der Waals surface area contributed by atoms with Gasteiger partial charge in [0, 0.05) is 11.0 Å². The number of hydrogen-bond donors (Lipinski definition) is 2. The second-order valence-corrected chi connectivity index (χ2v) is 6.12. The number of ether oxygens (including phenoxy) is 1. The highest BCUT2D eigenvalue weighted by atomic mass is 79.9. The van der Waals surface area contributed by atoms with Crippen molar-refractivity contribution in [3.63, 3.8) is 0 Å². The maximum absolute atomic E-state index is 11.5. The fourth-order valence-electron chi connectivity index (χ4n) is 2.42. The zero-order valence-corrected chi connectivity index (χ0v) is 14.8. The van der Waals surface area contributed by atoms with Crippen molar-refractivity contribution in [1.29, 1.82) is 0 Å². The fourth-order valence-corrected chi connectivity index (χ4v) is 2.94. The molecule has 2 aromatic carbocycles. The minimum absolute atomic E-state index is 0.0166. The van der Waals surface area contributed by atoms with Crippen molar-refractivity contribution in [3.8, 4) is 0 Å². The molecule has 0 heterocycles. The zero-order chi connectivity index (χ0) is 16.8. The summed E-state index contributed by atoms with van der Waals surface area (Å²) in [7, 11) is 1.36. The first-order valence-electron chi connectivity index (χ1n) is 7.33. The van der Waals surface area contributed by atoms with E-state index in [9.17, 15) is 9.90 Å². The number of methoxy groups -OCH3 is 1. The summed E-state index contributed by atoms with van der Waals surface area (Å²) in [5.74, 6) is -0.363. The van der Waals surface area contributed by atoms with Gasteiger partial charge in [-0.05, 0) is 35.7 Å².